The fourth-order valence-electron chi connectivity index (χ4n) is 4.07. The SMILES string of the molecule is CCC(Oc1c(-c2ccc(C(C)(C)C)cc2)oc2ccccc2c1=O)C(=O)Nc1ccc(NC(C)=O)cc1. The molecule has 2 amide bonds. The number of para-hydroxylation sites is 1. The second-order valence-corrected chi connectivity index (χ2v) is 10.2. The maximum Gasteiger partial charge on any atom is 0.265 e. The molecule has 0 fully saturated rings. The van der Waals surface area contributed by atoms with Gasteiger partial charge in [0.05, 0.1) is 5.39 Å². The maximum atomic E-state index is 13.6. The highest BCUT2D eigenvalue weighted by Crippen LogP contribution is 2.33. The molecular formula is C31H32N2O5. The first-order valence-electron chi connectivity index (χ1n) is 12.6. The molecule has 2 N–H and O–H groups in total. The highest BCUT2D eigenvalue weighted by atomic mass is 16.5. The first kappa shape index (κ1) is 26.7. The van der Waals surface area contributed by atoms with E-state index in [2.05, 4.69) is 31.4 Å². The van der Waals surface area contributed by atoms with Crippen molar-refractivity contribution in [3.05, 3.63) is 88.6 Å². The molecule has 7 heteroatoms. The topological polar surface area (TPSA) is 97.6 Å². The van der Waals surface area contributed by atoms with Gasteiger partial charge in [-0.3, -0.25) is 14.4 Å². The number of rotatable bonds is 7. The molecule has 7 nitrogen and oxygen atoms in total. The zero-order valence-electron chi connectivity index (χ0n) is 22.3. The van der Waals surface area contributed by atoms with Gasteiger partial charge >= 0.3 is 0 Å². The summed E-state index contributed by atoms with van der Waals surface area (Å²) in [5.74, 6) is -0.309. The molecular weight excluding hydrogens is 480 g/mol. The Morgan fingerprint density at radius 2 is 1.50 bits per heavy atom. The number of amides is 2. The number of carbonyl (C=O) groups excluding carboxylic acids is 2. The Labute approximate surface area is 221 Å². The second-order valence-electron chi connectivity index (χ2n) is 10.2. The van der Waals surface area contributed by atoms with Crippen LogP contribution in [0.4, 0.5) is 11.4 Å². The van der Waals surface area contributed by atoms with Gasteiger partial charge in [-0.05, 0) is 53.8 Å². The van der Waals surface area contributed by atoms with Crippen LogP contribution >= 0.6 is 0 Å². The number of carbonyl (C=O) groups is 2. The number of ether oxygens (including phenoxy) is 1. The quantitative estimate of drug-likeness (QED) is 0.294. The summed E-state index contributed by atoms with van der Waals surface area (Å²) in [6.45, 7) is 9.62. The first-order chi connectivity index (χ1) is 18.1. The zero-order valence-corrected chi connectivity index (χ0v) is 22.3. The van der Waals surface area contributed by atoms with Crippen molar-refractivity contribution in [3.63, 3.8) is 0 Å². The van der Waals surface area contributed by atoms with E-state index in [1.165, 1.54) is 6.92 Å². The highest BCUT2D eigenvalue weighted by Gasteiger charge is 2.25. The van der Waals surface area contributed by atoms with Crippen LogP contribution in [-0.2, 0) is 15.0 Å². The van der Waals surface area contributed by atoms with E-state index in [0.717, 1.165) is 5.56 Å². The summed E-state index contributed by atoms with van der Waals surface area (Å²) >= 11 is 0. The lowest BCUT2D eigenvalue weighted by atomic mass is 9.86. The molecule has 0 aliphatic rings. The van der Waals surface area contributed by atoms with E-state index in [1.54, 1.807) is 48.5 Å². The van der Waals surface area contributed by atoms with E-state index >= 15 is 0 Å². The van der Waals surface area contributed by atoms with E-state index < -0.39 is 12.0 Å². The molecule has 4 aromatic rings. The van der Waals surface area contributed by atoms with E-state index in [1.807, 2.05) is 31.2 Å². The Hall–Kier alpha value is -4.39. The van der Waals surface area contributed by atoms with Gasteiger partial charge in [0.1, 0.15) is 5.58 Å². The van der Waals surface area contributed by atoms with Crippen LogP contribution < -0.4 is 20.8 Å². The van der Waals surface area contributed by atoms with Crippen LogP contribution in [0.1, 0.15) is 46.6 Å². The molecule has 1 aromatic heterocycles. The molecule has 0 radical (unpaired) electrons. The first-order valence-corrected chi connectivity index (χ1v) is 12.6. The molecule has 196 valence electrons. The van der Waals surface area contributed by atoms with Gasteiger partial charge in [-0.25, -0.2) is 0 Å². The van der Waals surface area contributed by atoms with Gasteiger partial charge in [-0.2, -0.15) is 0 Å². The Kier molecular flexibility index (Phi) is 7.67. The molecule has 0 spiro atoms. The van der Waals surface area contributed by atoms with Crippen molar-refractivity contribution in [1.29, 1.82) is 0 Å². The van der Waals surface area contributed by atoms with Crippen LogP contribution in [0.25, 0.3) is 22.3 Å². The van der Waals surface area contributed by atoms with Crippen molar-refractivity contribution in [3.8, 4) is 17.1 Å². The lowest BCUT2D eigenvalue weighted by Crippen LogP contribution is -2.34. The van der Waals surface area contributed by atoms with E-state index in [0.29, 0.717) is 34.3 Å². The zero-order chi connectivity index (χ0) is 27.4. The predicted molar refractivity (Wildman–Crippen MR) is 151 cm³/mol. The maximum absolute atomic E-state index is 13.6. The van der Waals surface area contributed by atoms with Crippen molar-refractivity contribution in [2.75, 3.05) is 10.6 Å². The Bertz CT molecular complexity index is 1510. The van der Waals surface area contributed by atoms with E-state index in [9.17, 15) is 14.4 Å². The van der Waals surface area contributed by atoms with Crippen molar-refractivity contribution in [1.82, 2.24) is 0 Å². The largest absolute Gasteiger partial charge is 0.473 e. The summed E-state index contributed by atoms with van der Waals surface area (Å²) in [7, 11) is 0. The smallest absolute Gasteiger partial charge is 0.265 e. The minimum Gasteiger partial charge on any atom is -0.473 e. The molecule has 1 heterocycles. The molecule has 0 aliphatic carbocycles. The molecule has 4 rings (SSSR count). The minimum atomic E-state index is -0.943. The average molecular weight is 513 g/mol. The summed E-state index contributed by atoms with van der Waals surface area (Å²) in [5.41, 5.74) is 3.05. The number of hydrogen-bond acceptors (Lipinski definition) is 5. The number of nitrogens with one attached hydrogen (secondary N) is 2. The van der Waals surface area contributed by atoms with Gasteiger partial charge in [-0.1, -0.05) is 64.1 Å². The highest BCUT2D eigenvalue weighted by molar-refractivity contribution is 5.95. The fourth-order valence-corrected chi connectivity index (χ4v) is 4.07. The molecule has 0 aliphatic heterocycles. The number of hydrogen-bond donors (Lipinski definition) is 2. The van der Waals surface area contributed by atoms with Crippen LogP contribution in [0, 0.1) is 0 Å². The normalized spacial score (nSPS) is 12.1. The molecule has 1 unspecified atom stereocenters. The standard InChI is InChI=1S/C31H32N2O5/c1-6-25(30(36)33-23-17-15-22(16-18-23)32-19(2)34)37-29-27(35)24-9-7-8-10-26(24)38-28(29)20-11-13-21(14-12-20)31(3,4)5/h7-18,25H,6H2,1-5H3,(H,32,34)(H,33,36). The van der Waals surface area contributed by atoms with Gasteiger partial charge in [-0.15, -0.1) is 0 Å². The third-order valence-corrected chi connectivity index (χ3v) is 6.17. The van der Waals surface area contributed by atoms with Crippen LogP contribution in [0.15, 0.2) is 82.0 Å². The molecule has 1 atom stereocenters. The van der Waals surface area contributed by atoms with Crippen molar-refractivity contribution < 1.29 is 18.7 Å². The van der Waals surface area contributed by atoms with Crippen molar-refractivity contribution in [2.24, 2.45) is 0 Å². The van der Waals surface area contributed by atoms with Crippen molar-refractivity contribution in [2.45, 2.75) is 52.6 Å². The van der Waals surface area contributed by atoms with Crippen LogP contribution in [0.2, 0.25) is 0 Å². The lowest BCUT2D eigenvalue weighted by molar-refractivity contribution is -0.122. The summed E-state index contributed by atoms with van der Waals surface area (Å²) in [5, 5.41) is 5.89. The Morgan fingerprint density at radius 1 is 0.895 bits per heavy atom. The van der Waals surface area contributed by atoms with Gasteiger partial charge in [0.25, 0.3) is 5.91 Å². The summed E-state index contributed by atoms with van der Waals surface area (Å²) in [6.07, 6.45) is -0.619. The Balaban J connectivity index is 1.67. The van der Waals surface area contributed by atoms with Gasteiger partial charge in [0.15, 0.2) is 11.9 Å². The van der Waals surface area contributed by atoms with Crippen LogP contribution in [0.3, 0.4) is 0 Å². The average Bonchev–Trinajstić information content (AvgIpc) is 2.88. The summed E-state index contributed by atoms with van der Waals surface area (Å²) in [4.78, 5) is 38.0. The van der Waals surface area contributed by atoms with Crippen LogP contribution in [-0.4, -0.2) is 17.9 Å². The van der Waals surface area contributed by atoms with Gasteiger partial charge < -0.3 is 19.8 Å². The number of benzene rings is 3. The number of anilines is 2. The molecule has 38 heavy (non-hydrogen) atoms. The van der Waals surface area contributed by atoms with Crippen molar-refractivity contribution >= 4 is 34.2 Å². The summed E-state index contributed by atoms with van der Waals surface area (Å²) in [6, 6.07) is 21.5. The summed E-state index contributed by atoms with van der Waals surface area (Å²) < 4.78 is 12.3. The lowest BCUT2D eigenvalue weighted by Gasteiger charge is -2.20. The minimum absolute atomic E-state index is 0.00443. The number of fused-ring (bicyclic) bond motifs is 1. The van der Waals surface area contributed by atoms with E-state index in [4.69, 9.17) is 9.15 Å². The molecule has 0 saturated heterocycles. The molecule has 0 saturated carbocycles. The second kappa shape index (κ2) is 10.9. The van der Waals surface area contributed by atoms with Gasteiger partial charge in [0, 0.05) is 23.9 Å². The third-order valence-electron chi connectivity index (χ3n) is 6.17. The monoisotopic (exact) mass is 512 g/mol. The van der Waals surface area contributed by atoms with Crippen LogP contribution in [0.5, 0.6) is 5.75 Å². The van der Waals surface area contributed by atoms with Gasteiger partial charge in [0.2, 0.25) is 17.1 Å². The third kappa shape index (κ3) is 5.94. The molecule has 3 aromatic carbocycles. The Morgan fingerprint density at radius 3 is 2.08 bits per heavy atom. The van der Waals surface area contributed by atoms with E-state index in [-0.39, 0.29) is 28.3 Å². The fraction of sp³-hybridized carbons (Fsp3) is 0.258. The predicted octanol–water partition coefficient (Wildman–Crippen LogP) is 6.51. The molecule has 0 bridgehead atoms.